The first-order chi connectivity index (χ1) is 8.04. The first-order valence-electron chi connectivity index (χ1n) is 5.83. The van der Waals surface area contributed by atoms with E-state index in [1.165, 1.54) is 0 Å². The van der Waals surface area contributed by atoms with E-state index in [4.69, 9.17) is 17.3 Å². The van der Waals surface area contributed by atoms with Crippen molar-refractivity contribution in [2.45, 2.75) is 19.4 Å². The Morgan fingerprint density at radius 1 is 1.53 bits per heavy atom. The van der Waals surface area contributed by atoms with E-state index in [1.54, 1.807) is 6.20 Å². The summed E-state index contributed by atoms with van der Waals surface area (Å²) in [5.74, 6) is 0.546. The summed E-state index contributed by atoms with van der Waals surface area (Å²) >= 11 is 5.97. The first kappa shape index (κ1) is 14.2. The lowest BCUT2D eigenvalue weighted by Crippen LogP contribution is -2.32. The summed E-state index contributed by atoms with van der Waals surface area (Å²) in [5.41, 5.74) is 6.88. The molecule has 0 spiro atoms. The number of aromatic nitrogens is 1. The molecular formula is C12H21ClN4. The Hall–Kier alpha value is -0.840. The van der Waals surface area contributed by atoms with Crippen molar-refractivity contribution in [1.82, 2.24) is 15.2 Å². The van der Waals surface area contributed by atoms with Crippen LogP contribution in [0.2, 0.25) is 5.02 Å². The Morgan fingerprint density at radius 2 is 2.24 bits per heavy atom. The number of hydrogen-bond donors (Lipinski definition) is 2. The Morgan fingerprint density at radius 3 is 2.82 bits per heavy atom. The van der Waals surface area contributed by atoms with E-state index < -0.39 is 0 Å². The smallest absolute Gasteiger partial charge is 0.128 e. The number of anilines is 1. The van der Waals surface area contributed by atoms with Gasteiger partial charge in [-0.05, 0) is 33.1 Å². The van der Waals surface area contributed by atoms with Crippen LogP contribution in [0.3, 0.4) is 0 Å². The zero-order valence-electron chi connectivity index (χ0n) is 10.7. The SMILES string of the molecule is CCCNC(CN(C)C)c1cc(Cl)cnc1N. The molecule has 0 aromatic carbocycles. The molecule has 3 N–H and O–H groups in total. The predicted octanol–water partition coefficient (Wildman–Crippen LogP) is 1.92. The van der Waals surface area contributed by atoms with Gasteiger partial charge in [0.2, 0.25) is 0 Å². The standard InChI is InChI=1S/C12H21ClN4/c1-4-5-15-11(8-17(2)3)10-6-9(13)7-16-12(10)14/h6-7,11,15H,4-5,8H2,1-3H3,(H2,14,16). The molecule has 1 atom stereocenters. The van der Waals surface area contributed by atoms with E-state index >= 15 is 0 Å². The number of hydrogen-bond acceptors (Lipinski definition) is 4. The van der Waals surface area contributed by atoms with E-state index in [0.29, 0.717) is 10.8 Å². The molecule has 96 valence electrons. The number of rotatable bonds is 6. The fourth-order valence-electron chi connectivity index (χ4n) is 1.70. The Bertz CT molecular complexity index is 354. The van der Waals surface area contributed by atoms with E-state index in [0.717, 1.165) is 25.1 Å². The normalized spacial score (nSPS) is 13.0. The van der Waals surface area contributed by atoms with Crippen LogP contribution in [-0.4, -0.2) is 37.1 Å². The molecule has 0 fully saturated rings. The minimum absolute atomic E-state index is 0.163. The minimum atomic E-state index is 0.163. The highest BCUT2D eigenvalue weighted by molar-refractivity contribution is 6.30. The van der Waals surface area contributed by atoms with Gasteiger partial charge in [-0.2, -0.15) is 0 Å². The number of nitrogens with zero attached hydrogens (tertiary/aromatic N) is 2. The molecule has 1 rings (SSSR count). The number of pyridine rings is 1. The van der Waals surface area contributed by atoms with Crippen LogP contribution in [0, 0.1) is 0 Å². The molecule has 1 unspecified atom stereocenters. The van der Waals surface area contributed by atoms with Gasteiger partial charge in [-0.3, -0.25) is 0 Å². The lowest BCUT2D eigenvalue weighted by molar-refractivity contribution is 0.342. The third kappa shape index (κ3) is 4.50. The molecule has 4 nitrogen and oxygen atoms in total. The molecule has 0 aliphatic carbocycles. The second kappa shape index (κ2) is 6.79. The van der Waals surface area contributed by atoms with E-state index in [1.807, 2.05) is 20.2 Å². The van der Waals surface area contributed by atoms with Crippen molar-refractivity contribution in [3.05, 3.63) is 22.8 Å². The van der Waals surface area contributed by atoms with Crippen molar-refractivity contribution in [3.63, 3.8) is 0 Å². The molecule has 1 heterocycles. The van der Waals surface area contributed by atoms with Crippen LogP contribution < -0.4 is 11.1 Å². The average molecular weight is 257 g/mol. The Labute approximate surface area is 108 Å². The van der Waals surface area contributed by atoms with Gasteiger partial charge in [0, 0.05) is 24.3 Å². The maximum atomic E-state index is 5.97. The Balaban J connectivity index is 2.90. The fourth-order valence-corrected chi connectivity index (χ4v) is 1.87. The van der Waals surface area contributed by atoms with Gasteiger partial charge < -0.3 is 16.0 Å². The van der Waals surface area contributed by atoms with Crippen molar-refractivity contribution < 1.29 is 0 Å². The number of likely N-dealkylation sites (N-methyl/N-ethyl adjacent to an activating group) is 1. The van der Waals surface area contributed by atoms with Gasteiger partial charge in [0.25, 0.3) is 0 Å². The van der Waals surface area contributed by atoms with Crippen molar-refractivity contribution in [3.8, 4) is 0 Å². The Kier molecular flexibility index (Phi) is 5.68. The lowest BCUT2D eigenvalue weighted by atomic mass is 10.1. The van der Waals surface area contributed by atoms with Gasteiger partial charge in [-0.25, -0.2) is 4.98 Å². The third-order valence-electron chi connectivity index (χ3n) is 2.48. The second-order valence-corrected chi connectivity index (χ2v) is 4.83. The molecule has 0 saturated carbocycles. The number of nitrogens with two attached hydrogens (primary N) is 1. The first-order valence-corrected chi connectivity index (χ1v) is 6.21. The summed E-state index contributed by atoms with van der Waals surface area (Å²) in [4.78, 5) is 6.22. The number of halogens is 1. The van der Waals surface area contributed by atoms with Crippen molar-refractivity contribution >= 4 is 17.4 Å². The topological polar surface area (TPSA) is 54.2 Å². The third-order valence-corrected chi connectivity index (χ3v) is 2.69. The molecule has 0 radical (unpaired) electrons. The summed E-state index contributed by atoms with van der Waals surface area (Å²) in [6.07, 6.45) is 2.66. The van der Waals surface area contributed by atoms with E-state index in [-0.39, 0.29) is 6.04 Å². The van der Waals surface area contributed by atoms with Crippen LogP contribution in [0.5, 0.6) is 0 Å². The summed E-state index contributed by atoms with van der Waals surface area (Å²) in [5, 5.41) is 4.09. The second-order valence-electron chi connectivity index (χ2n) is 4.40. The van der Waals surface area contributed by atoms with Crippen molar-refractivity contribution in [1.29, 1.82) is 0 Å². The zero-order chi connectivity index (χ0) is 12.8. The molecule has 0 aliphatic rings. The summed E-state index contributed by atoms with van der Waals surface area (Å²) < 4.78 is 0. The minimum Gasteiger partial charge on any atom is -0.383 e. The average Bonchev–Trinajstić information content (AvgIpc) is 2.27. The molecule has 0 saturated heterocycles. The summed E-state index contributed by atoms with van der Waals surface area (Å²) in [6.45, 7) is 3.95. The largest absolute Gasteiger partial charge is 0.383 e. The highest BCUT2D eigenvalue weighted by Crippen LogP contribution is 2.22. The van der Waals surface area contributed by atoms with Gasteiger partial charge in [0.15, 0.2) is 0 Å². The highest BCUT2D eigenvalue weighted by Gasteiger charge is 2.15. The monoisotopic (exact) mass is 256 g/mol. The maximum absolute atomic E-state index is 5.97. The molecule has 17 heavy (non-hydrogen) atoms. The van der Waals surface area contributed by atoms with Gasteiger partial charge in [0.1, 0.15) is 5.82 Å². The molecule has 0 amide bonds. The van der Waals surface area contributed by atoms with Gasteiger partial charge in [0.05, 0.1) is 5.02 Å². The van der Waals surface area contributed by atoms with Crippen LogP contribution in [0.25, 0.3) is 0 Å². The van der Waals surface area contributed by atoms with Crippen LogP contribution in [0.15, 0.2) is 12.3 Å². The lowest BCUT2D eigenvalue weighted by Gasteiger charge is -2.23. The van der Waals surface area contributed by atoms with Gasteiger partial charge in [-0.15, -0.1) is 0 Å². The molecule has 0 aliphatic heterocycles. The predicted molar refractivity (Wildman–Crippen MR) is 73.2 cm³/mol. The fraction of sp³-hybridized carbons (Fsp3) is 0.583. The van der Waals surface area contributed by atoms with E-state index in [2.05, 4.69) is 22.1 Å². The van der Waals surface area contributed by atoms with Gasteiger partial charge in [-0.1, -0.05) is 18.5 Å². The molecule has 5 heteroatoms. The summed E-state index contributed by atoms with van der Waals surface area (Å²) in [6, 6.07) is 2.05. The van der Waals surface area contributed by atoms with Crippen molar-refractivity contribution in [2.75, 3.05) is 32.9 Å². The highest BCUT2D eigenvalue weighted by atomic mass is 35.5. The molecule has 0 bridgehead atoms. The van der Waals surface area contributed by atoms with Crippen molar-refractivity contribution in [2.24, 2.45) is 0 Å². The van der Waals surface area contributed by atoms with Crippen LogP contribution in [0.4, 0.5) is 5.82 Å². The van der Waals surface area contributed by atoms with Crippen LogP contribution >= 0.6 is 11.6 Å². The van der Waals surface area contributed by atoms with E-state index in [9.17, 15) is 0 Å². The number of nitrogen functional groups attached to an aromatic ring is 1. The molecular weight excluding hydrogens is 236 g/mol. The summed E-state index contributed by atoms with van der Waals surface area (Å²) in [7, 11) is 4.07. The quantitative estimate of drug-likeness (QED) is 0.817. The molecule has 1 aromatic heterocycles. The van der Waals surface area contributed by atoms with Crippen LogP contribution in [0.1, 0.15) is 24.9 Å². The zero-order valence-corrected chi connectivity index (χ0v) is 11.5. The van der Waals surface area contributed by atoms with Gasteiger partial charge >= 0.3 is 0 Å². The number of nitrogens with one attached hydrogen (secondary N) is 1. The molecule has 1 aromatic rings. The van der Waals surface area contributed by atoms with Crippen LogP contribution in [-0.2, 0) is 0 Å². The maximum Gasteiger partial charge on any atom is 0.128 e.